The van der Waals surface area contributed by atoms with Crippen molar-refractivity contribution in [3.05, 3.63) is 35.8 Å². The van der Waals surface area contributed by atoms with Crippen LogP contribution >= 0.6 is 0 Å². The highest BCUT2D eigenvalue weighted by molar-refractivity contribution is 6.16. The summed E-state index contributed by atoms with van der Waals surface area (Å²) < 4.78 is 0. The molecule has 1 aliphatic rings. The second kappa shape index (κ2) is 2.73. The van der Waals surface area contributed by atoms with Crippen LogP contribution in [-0.4, -0.2) is 27.6 Å². The SMILES string of the molecule is c1cc2c([nH]1)NCN=C2c1cn[nH]c1. The predicted octanol–water partition coefficient (Wildman–Crippen LogP) is 0.958. The van der Waals surface area contributed by atoms with Crippen molar-refractivity contribution in [2.45, 2.75) is 0 Å². The minimum Gasteiger partial charge on any atom is -0.352 e. The maximum atomic E-state index is 4.41. The minimum atomic E-state index is 0.605. The molecule has 0 atom stereocenters. The molecule has 14 heavy (non-hydrogen) atoms. The second-order valence-corrected chi connectivity index (χ2v) is 3.09. The number of hydrogen-bond acceptors (Lipinski definition) is 3. The third kappa shape index (κ3) is 0.953. The van der Waals surface area contributed by atoms with Crippen LogP contribution in [0.3, 0.4) is 0 Å². The lowest BCUT2D eigenvalue weighted by atomic mass is 10.1. The van der Waals surface area contributed by atoms with E-state index in [1.165, 1.54) is 0 Å². The molecule has 5 nitrogen and oxygen atoms in total. The summed E-state index contributed by atoms with van der Waals surface area (Å²) in [5, 5.41) is 9.87. The molecule has 3 heterocycles. The first-order valence-corrected chi connectivity index (χ1v) is 4.40. The molecular formula is C9H9N5. The lowest BCUT2D eigenvalue weighted by Gasteiger charge is -2.13. The minimum absolute atomic E-state index is 0.605. The maximum Gasteiger partial charge on any atom is 0.114 e. The van der Waals surface area contributed by atoms with Gasteiger partial charge in [-0.15, -0.1) is 0 Å². The zero-order valence-electron chi connectivity index (χ0n) is 7.41. The fourth-order valence-corrected chi connectivity index (χ4v) is 1.62. The number of aliphatic imine (C=N–C) groups is 1. The summed E-state index contributed by atoms with van der Waals surface area (Å²) in [4.78, 5) is 7.54. The van der Waals surface area contributed by atoms with E-state index in [-0.39, 0.29) is 0 Å². The zero-order valence-corrected chi connectivity index (χ0v) is 7.41. The highest BCUT2D eigenvalue weighted by Gasteiger charge is 2.16. The van der Waals surface area contributed by atoms with Crippen LogP contribution in [0.5, 0.6) is 0 Å². The van der Waals surface area contributed by atoms with Gasteiger partial charge in [-0.05, 0) is 6.07 Å². The van der Waals surface area contributed by atoms with Gasteiger partial charge in [0.15, 0.2) is 0 Å². The third-order valence-electron chi connectivity index (χ3n) is 2.27. The molecule has 0 bridgehead atoms. The number of fused-ring (bicyclic) bond motifs is 1. The summed E-state index contributed by atoms with van der Waals surface area (Å²) in [6, 6.07) is 2.01. The average molecular weight is 187 g/mol. The highest BCUT2D eigenvalue weighted by atomic mass is 15.1. The molecule has 0 spiro atoms. The molecule has 70 valence electrons. The van der Waals surface area contributed by atoms with Gasteiger partial charge >= 0.3 is 0 Å². The van der Waals surface area contributed by atoms with Crippen molar-refractivity contribution in [1.82, 2.24) is 15.2 Å². The normalized spacial score (nSPS) is 14.4. The van der Waals surface area contributed by atoms with Gasteiger partial charge in [0, 0.05) is 23.5 Å². The van der Waals surface area contributed by atoms with Gasteiger partial charge in [0.1, 0.15) is 12.5 Å². The number of nitrogens with one attached hydrogen (secondary N) is 3. The smallest absolute Gasteiger partial charge is 0.114 e. The molecular weight excluding hydrogens is 178 g/mol. The first-order valence-electron chi connectivity index (χ1n) is 4.40. The second-order valence-electron chi connectivity index (χ2n) is 3.09. The Morgan fingerprint density at radius 3 is 3.21 bits per heavy atom. The van der Waals surface area contributed by atoms with E-state index in [4.69, 9.17) is 0 Å². The number of rotatable bonds is 1. The summed E-state index contributed by atoms with van der Waals surface area (Å²) in [6.45, 7) is 0.605. The zero-order chi connectivity index (χ0) is 9.38. The van der Waals surface area contributed by atoms with Crippen molar-refractivity contribution in [2.24, 2.45) is 4.99 Å². The van der Waals surface area contributed by atoms with E-state index >= 15 is 0 Å². The summed E-state index contributed by atoms with van der Waals surface area (Å²) in [5.41, 5.74) is 3.10. The molecule has 0 aromatic carbocycles. The van der Waals surface area contributed by atoms with E-state index in [2.05, 4.69) is 25.5 Å². The van der Waals surface area contributed by atoms with E-state index in [1.54, 1.807) is 6.20 Å². The maximum absolute atomic E-state index is 4.41. The van der Waals surface area contributed by atoms with E-state index in [0.717, 1.165) is 22.7 Å². The fourth-order valence-electron chi connectivity index (χ4n) is 1.62. The largest absolute Gasteiger partial charge is 0.352 e. The van der Waals surface area contributed by atoms with Crippen LogP contribution in [0.1, 0.15) is 11.1 Å². The molecule has 0 saturated heterocycles. The molecule has 3 N–H and O–H groups in total. The van der Waals surface area contributed by atoms with Crippen LogP contribution in [0, 0.1) is 0 Å². The number of aromatic amines is 2. The van der Waals surface area contributed by atoms with Gasteiger partial charge in [0.25, 0.3) is 0 Å². The average Bonchev–Trinajstić information content (AvgIpc) is 2.88. The first-order chi connectivity index (χ1) is 6.95. The van der Waals surface area contributed by atoms with Crippen LogP contribution in [-0.2, 0) is 0 Å². The number of H-pyrrole nitrogens is 2. The quantitative estimate of drug-likeness (QED) is 0.622. The Balaban J connectivity index is 2.14. The van der Waals surface area contributed by atoms with Gasteiger partial charge in [-0.25, -0.2) is 0 Å². The number of nitrogens with zero attached hydrogens (tertiary/aromatic N) is 2. The van der Waals surface area contributed by atoms with E-state index in [0.29, 0.717) is 6.67 Å². The molecule has 0 radical (unpaired) electrons. The number of hydrogen-bond donors (Lipinski definition) is 3. The predicted molar refractivity (Wildman–Crippen MR) is 53.5 cm³/mol. The van der Waals surface area contributed by atoms with Crippen LogP contribution in [0.2, 0.25) is 0 Å². The van der Waals surface area contributed by atoms with E-state index in [1.807, 2.05) is 18.5 Å². The molecule has 0 aliphatic carbocycles. The van der Waals surface area contributed by atoms with Gasteiger partial charge < -0.3 is 10.3 Å². The molecule has 3 rings (SSSR count). The van der Waals surface area contributed by atoms with Gasteiger partial charge in [-0.2, -0.15) is 5.10 Å². The summed E-state index contributed by atoms with van der Waals surface area (Å²) in [6.07, 6.45) is 5.53. The molecule has 1 aliphatic heterocycles. The van der Waals surface area contributed by atoms with Crippen molar-refractivity contribution in [3.8, 4) is 0 Å². The molecule has 0 amide bonds. The van der Waals surface area contributed by atoms with Crippen LogP contribution in [0.15, 0.2) is 29.6 Å². The molecule has 0 unspecified atom stereocenters. The number of anilines is 1. The van der Waals surface area contributed by atoms with Crippen LogP contribution < -0.4 is 5.32 Å². The summed E-state index contributed by atoms with van der Waals surface area (Å²) >= 11 is 0. The monoisotopic (exact) mass is 187 g/mol. The lowest BCUT2D eigenvalue weighted by Crippen LogP contribution is -2.15. The van der Waals surface area contributed by atoms with Crippen molar-refractivity contribution in [1.29, 1.82) is 0 Å². The van der Waals surface area contributed by atoms with E-state index in [9.17, 15) is 0 Å². The van der Waals surface area contributed by atoms with Crippen molar-refractivity contribution < 1.29 is 0 Å². The Kier molecular flexibility index (Phi) is 1.44. The summed E-state index contributed by atoms with van der Waals surface area (Å²) in [5.74, 6) is 1.02. The van der Waals surface area contributed by atoms with E-state index < -0.39 is 0 Å². The Labute approximate surface area is 80.3 Å². The Bertz CT molecular complexity index is 465. The molecule has 5 heteroatoms. The summed E-state index contributed by atoms with van der Waals surface area (Å²) in [7, 11) is 0. The fraction of sp³-hybridized carbons (Fsp3) is 0.111. The Hall–Kier alpha value is -2.04. The molecule has 2 aromatic rings. The molecule has 0 fully saturated rings. The molecule has 0 saturated carbocycles. The first kappa shape index (κ1) is 7.37. The van der Waals surface area contributed by atoms with Crippen LogP contribution in [0.25, 0.3) is 0 Å². The van der Waals surface area contributed by atoms with Gasteiger partial charge in [0.2, 0.25) is 0 Å². The number of aromatic nitrogens is 3. The van der Waals surface area contributed by atoms with Gasteiger partial charge in [0.05, 0.1) is 11.9 Å². The third-order valence-corrected chi connectivity index (χ3v) is 2.27. The van der Waals surface area contributed by atoms with Crippen molar-refractivity contribution in [3.63, 3.8) is 0 Å². The standard InChI is InChI=1S/C9H9N5/c1-2-10-9-7(1)8(11-5-12-9)6-3-13-14-4-6/h1-4,10,12H,5H2,(H,13,14). The van der Waals surface area contributed by atoms with Crippen molar-refractivity contribution >= 4 is 11.5 Å². The van der Waals surface area contributed by atoms with Crippen LogP contribution in [0.4, 0.5) is 5.82 Å². The van der Waals surface area contributed by atoms with Crippen molar-refractivity contribution in [2.75, 3.05) is 12.0 Å². The Morgan fingerprint density at radius 1 is 1.36 bits per heavy atom. The highest BCUT2D eigenvalue weighted by Crippen LogP contribution is 2.20. The molecule has 2 aromatic heterocycles. The van der Waals surface area contributed by atoms with Gasteiger partial charge in [-0.1, -0.05) is 0 Å². The Morgan fingerprint density at radius 2 is 2.36 bits per heavy atom. The lowest BCUT2D eigenvalue weighted by molar-refractivity contribution is 1.09. The van der Waals surface area contributed by atoms with Gasteiger partial charge in [-0.3, -0.25) is 10.1 Å². The topological polar surface area (TPSA) is 68.9 Å².